The Kier molecular flexibility index (Phi) is 3.31. The molecule has 19 heavy (non-hydrogen) atoms. The Balaban J connectivity index is 1.64. The lowest BCUT2D eigenvalue weighted by Crippen LogP contribution is -2.56. The lowest BCUT2D eigenvalue weighted by Gasteiger charge is -2.50. The van der Waals surface area contributed by atoms with Gasteiger partial charge in [-0.25, -0.2) is 0 Å². The Morgan fingerprint density at radius 1 is 1.26 bits per heavy atom. The fourth-order valence-corrected chi connectivity index (χ4v) is 3.53. The van der Waals surface area contributed by atoms with Crippen molar-refractivity contribution < 1.29 is 4.79 Å². The monoisotopic (exact) mass is 262 g/mol. The van der Waals surface area contributed by atoms with Crippen molar-refractivity contribution in [2.45, 2.75) is 37.6 Å². The summed E-state index contributed by atoms with van der Waals surface area (Å²) in [6, 6.07) is 1.75. The number of aromatic amines is 1. The Labute approximate surface area is 114 Å². The second-order valence-corrected chi connectivity index (χ2v) is 5.87. The van der Waals surface area contributed by atoms with E-state index in [1.54, 1.807) is 12.3 Å². The number of nitrogens with one attached hydrogen (secondary N) is 1. The van der Waals surface area contributed by atoms with Gasteiger partial charge in [-0.05, 0) is 45.3 Å². The van der Waals surface area contributed by atoms with E-state index in [-0.39, 0.29) is 5.91 Å². The van der Waals surface area contributed by atoms with Gasteiger partial charge in [0.05, 0.1) is 0 Å². The number of hydrogen-bond donors (Lipinski definition) is 1. The van der Waals surface area contributed by atoms with Crippen molar-refractivity contribution in [1.29, 1.82) is 0 Å². The van der Waals surface area contributed by atoms with E-state index in [2.05, 4.69) is 22.1 Å². The zero-order valence-corrected chi connectivity index (χ0v) is 11.6. The van der Waals surface area contributed by atoms with Gasteiger partial charge in [-0.1, -0.05) is 6.42 Å². The summed E-state index contributed by atoms with van der Waals surface area (Å²) in [5.41, 5.74) is 0.955. The van der Waals surface area contributed by atoms with E-state index in [1.807, 2.05) is 4.90 Å². The average Bonchev–Trinajstić information content (AvgIpc) is 2.96. The fraction of sp³-hybridized carbons (Fsp3) is 0.714. The summed E-state index contributed by atoms with van der Waals surface area (Å²) >= 11 is 0. The molecule has 1 N–H and O–H groups in total. The summed E-state index contributed by atoms with van der Waals surface area (Å²) < 4.78 is 0. The van der Waals surface area contributed by atoms with Gasteiger partial charge < -0.3 is 9.80 Å². The molecule has 2 saturated heterocycles. The fourth-order valence-electron chi connectivity index (χ4n) is 3.53. The van der Waals surface area contributed by atoms with Crippen LogP contribution in [-0.4, -0.2) is 58.1 Å². The average molecular weight is 262 g/mol. The lowest BCUT2D eigenvalue weighted by molar-refractivity contribution is 0.0109. The Bertz CT molecular complexity index is 434. The summed E-state index contributed by atoms with van der Waals surface area (Å²) in [6.07, 6.45) is 7.77. The molecule has 0 aromatic carbocycles. The van der Waals surface area contributed by atoms with E-state index in [9.17, 15) is 4.79 Å². The zero-order valence-electron chi connectivity index (χ0n) is 11.6. The standard InChI is InChI=1S/C14H22N4O/c1-17-9-3-2-5-14(17)6-10-18(11-7-14)13(19)12-4-8-15-16-12/h4,8H,2-3,5-7,9-11H2,1H3,(H,15,16). The highest BCUT2D eigenvalue weighted by atomic mass is 16.2. The van der Waals surface area contributed by atoms with E-state index in [4.69, 9.17) is 0 Å². The van der Waals surface area contributed by atoms with Gasteiger partial charge in [0.15, 0.2) is 0 Å². The number of nitrogens with zero attached hydrogens (tertiary/aromatic N) is 3. The molecule has 0 bridgehead atoms. The van der Waals surface area contributed by atoms with Crippen LogP contribution in [0.1, 0.15) is 42.6 Å². The number of piperidine rings is 2. The van der Waals surface area contributed by atoms with Crippen molar-refractivity contribution in [3.8, 4) is 0 Å². The van der Waals surface area contributed by atoms with Crippen LogP contribution >= 0.6 is 0 Å². The number of hydrogen-bond acceptors (Lipinski definition) is 3. The molecule has 2 fully saturated rings. The Morgan fingerprint density at radius 3 is 2.68 bits per heavy atom. The maximum Gasteiger partial charge on any atom is 0.271 e. The number of likely N-dealkylation sites (tertiary alicyclic amines) is 2. The molecule has 0 saturated carbocycles. The topological polar surface area (TPSA) is 52.2 Å². The number of amides is 1. The van der Waals surface area contributed by atoms with E-state index >= 15 is 0 Å². The molecule has 0 unspecified atom stereocenters. The predicted molar refractivity (Wildman–Crippen MR) is 72.9 cm³/mol. The normalized spacial score (nSPS) is 23.7. The highest BCUT2D eigenvalue weighted by molar-refractivity contribution is 5.92. The van der Waals surface area contributed by atoms with Crippen LogP contribution in [0.3, 0.4) is 0 Å². The molecule has 1 spiro atoms. The number of aromatic nitrogens is 2. The molecule has 1 aromatic heterocycles. The first kappa shape index (κ1) is 12.7. The third-order valence-corrected chi connectivity index (χ3v) is 4.91. The van der Waals surface area contributed by atoms with Crippen molar-refractivity contribution >= 4 is 5.91 Å². The van der Waals surface area contributed by atoms with E-state index in [0.717, 1.165) is 25.9 Å². The SMILES string of the molecule is CN1CCCCC12CCN(C(=O)c1ccn[nH]1)CC2. The Hall–Kier alpha value is -1.36. The molecule has 5 heteroatoms. The van der Waals surface area contributed by atoms with Crippen LogP contribution < -0.4 is 0 Å². The summed E-state index contributed by atoms with van der Waals surface area (Å²) in [4.78, 5) is 16.7. The highest BCUT2D eigenvalue weighted by Crippen LogP contribution is 2.36. The third-order valence-electron chi connectivity index (χ3n) is 4.91. The smallest absolute Gasteiger partial charge is 0.271 e. The van der Waals surface area contributed by atoms with Crippen molar-refractivity contribution in [2.24, 2.45) is 0 Å². The predicted octanol–water partition coefficient (Wildman–Crippen LogP) is 1.50. The molecular formula is C14H22N4O. The van der Waals surface area contributed by atoms with Gasteiger partial charge in [-0.3, -0.25) is 9.89 Å². The largest absolute Gasteiger partial charge is 0.337 e. The van der Waals surface area contributed by atoms with Crippen LogP contribution in [0, 0.1) is 0 Å². The summed E-state index contributed by atoms with van der Waals surface area (Å²) in [5, 5.41) is 6.62. The van der Waals surface area contributed by atoms with Gasteiger partial charge in [-0.2, -0.15) is 5.10 Å². The number of carbonyl (C=O) groups is 1. The summed E-state index contributed by atoms with van der Waals surface area (Å²) in [5.74, 6) is 0.0887. The number of carbonyl (C=O) groups excluding carboxylic acids is 1. The number of H-pyrrole nitrogens is 1. The summed E-state index contributed by atoms with van der Waals surface area (Å²) in [7, 11) is 2.24. The molecule has 104 valence electrons. The second-order valence-electron chi connectivity index (χ2n) is 5.87. The van der Waals surface area contributed by atoms with Crippen molar-refractivity contribution in [3.63, 3.8) is 0 Å². The minimum atomic E-state index is 0.0887. The maximum absolute atomic E-state index is 12.3. The van der Waals surface area contributed by atoms with Crippen LogP contribution in [-0.2, 0) is 0 Å². The van der Waals surface area contributed by atoms with Gasteiger partial charge >= 0.3 is 0 Å². The molecule has 3 heterocycles. The molecule has 0 atom stereocenters. The van der Waals surface area contributed by atoms with Gasteiger partial charge in [0.2, 0.25) is 0 Å². The molecule has 3 rings (SSSR count). The van der Waals surface area contributed by atoms with E-state index in [0.29, 0.717) is 11.2 Å². The lowest BCUT2D eigenvalue weighted by atomic mass is 9.79. The van der Waals surface area contributed by atoms with Crippen LogP contribution in [0.25, 0.3) is 0 Å². The molecular weight excluding hydrogens is 240 g/mol. The first-order chi connectivity index (χ1) is 9.21. The first-order valence-electron chi connectivity index (χ1n) is 7.21. The van der Waals surface area contributed by atoms with Gasteiger partial charge in [0.1, 0.15) is 5.69 Å². The molecule has 1 aromatic rings. The van der Waals surface area contributed by atoms with E-state index < -0.39 is 0 Å². The van der Waals surface area contributed by atoms with Crippen molar-refractivity contribution in [3.05, 3.63) is 18.0 Å². The van der Waals surface area contributed by atoms with Crippen molar-refractivity contribution in [2.75, 3.05) is 26.7 Å². The quantitative estimate of drug-likeness (QED) is 0.834. The zero-order chi connectivity index (χ0) is 13.3. The highest BCUT2D eigenvalue weighted by Gasteiger charge is 2.40. The minimum absolute atomic E-state index is 0.0887. The molecule has 5 nitrogen and oxygen atoms in total. The van der Waals surface area contributed by atoms with Crippen LogP contribution in [0.15, 0.2) is 12.3 Å². The van der Waals surface area contributed by atoms with Crippen molar-refractivity contribution in [1.82, 2.24) is 20.0 Å². The van der Waals surface area contributed by atoms with Crippen LogP contribution in [0.5, 0.6) is 0 Å². The van der Waals surface area contributed by atoms with Gasteiger partial charge in [-0.15, -0.1) is 0 Å². The van der Waals surface area contributed by atoms with Gasteiger partial charge in [0.25, 0.3) is 5.91 Å². The second kappa shape index (κ2) is 4.96. The van der Waals surface area contributed by atoms with Crippen LogP contribution in [0.4, 0.5) is 0 Å². The van der Waals surface area contributed by atoms with Crippen LogP contribution in [0.2, 0.25) is 0 Å². The molecule has 2 aliphatic rings. The molecule has 2 aliphatic heterocycles. The minimum Gasteiger partial charge on any atom is -0.337 e. The first-order valence-corrected chi connectivity index (χ1v) is 7.21. The van der Waals surface area contributed by atoms with E-state index in [1.165, 1.54) is 25.8 Å². The Morgan fingerprint density at radius 2 is 2.05 bits per heavy atom. The summed E-state index contributed by atoms with van der Waals surface area (Å²) in [6.45, 7) is 2.93. The third kappa shape index (κ3) is 2.27. The maximum atomic E-state index is 12.3. The molecule has 0 radical (unpaired) electrons. The number of rotatable bonds is 1. The molecule has 0 aliphatic carbocycles. The van der Waals surface area contributed by atoms with Gasteiger partial charge in [0, 0.05) is 24.8 Å². The molecule has 1 amide bonds.